The topological polar surface area (TPSA) is 78.9 Å². The van der Waals surface area contributed by atoms with E-state index in [0.29, 0.717) is 0 Å². The fourth-order valence-corrected chi connectivity index (χ4v) is 2.49. The van der Waals surface area contributed by atoms with Crippen molar-refractivity contribution in [3.63, 3.8) is 0 Å². The largest absolute Gasteiger partial charge is 0.477 e. The first kappa shape index (κ1) is 8.60. The van der Waals surface area contributed by atoms with Gasteiger partial charge in [-0.3, -0.25) is 0 Å². The first-order valence-electron chi connectivity index (χ1n) is 4.52. The van der Waals surface area contributed by atoms with Crippen LogP contribution >= 0.6 is 11.5 Å². The zero-order chi connectivity index (χ0) is 10.4. The second kappa shape index (κ2) is 2.90. The zero-order valence-electron chi connectivity index (χ0n) is 7.65. The number of aryl methyl sites for hydroxylation is 2. The van der Waals surface area contributed by atoms with E-state index in [1.54, 1.807) is 6.07 Å². The van der Waals surface area contributed by atoms with Crippen LogP contribution in [0.3, 0.4) is 0 Å². The molecule has 5 nitrogen and oxygen atoms in total. The number of aromatic carboxylic acids is 1. The Morgan fingerprint density at radius 3 is 3.20 bits per heavy atom. The Kier molecular flexibility index (Phi) is 1.66. The number of aromatic nitrogens is 3. The van der Waals surface area contributed by atoms with Gasteiger partial charge in [0.1, 0.15) is 11.4 Å². The van der Waals surface area contributed by atoms with Crippen LogP contribution in [0.2, 0.25) is 0 Å². The van der Waals surface area contributed by atoms with Crippen LogP contribution in [0.1, 0.15) is 21.1 Å². The van der Waals surface area contributed by atoms with Gasteiger partial charge in [-0.25, -0.2) is 4.79 Å². The van der Waals surface area contributed by atoms with Gasteiger partial charge in [-0.1, -0.05) is 4.49 Å². The molecular formula is C9H7N3O2S. The molecule has 0 fully saturated rings. The van der Waals surface area contributed by atoms with Crippen molar-refractivity contribution < 1.29 is 9.90 Å². The Morgan fingerprint density at radius 1 is 1.53 bits per heavy atom. The summed E-state index contributed by atoms with van der Waals surface area (Å²) in [5, 5.41) is 12.9. The van der Waals surface area contributed by atoms with Crippen molar-refractivity contribution in [2.75, 3.05) is 0 Å². The predicted octanol–water partition coefficient (Wildman–Crippen LogP) is 1.33. The molecule has 76 valence electrons. The Hall–Kier alpha value is -1.69. The lowest BCUT2D eigenvalue weighted by Gasteiger charge is -2.08. The van der Waals surface area contributed by atoms with Crippen LogP contribution in [-0.2, 0) is 12.8 Å². The second-order valence-electron chi connectivity index (χ2n) is 3.43. The van der Waals surface area contributed by atoms with Crippen LogP contribution in [-0.4, -0.2) is 25.6 Å². The molecule has 0 amide bonds. The van der Waals surface area contributed by atoms with Crippen molar-refractivity contribution in [1.29, 1.82) is 0 Å². The average Bonchev–Trinajstić information content (AvgIpc) is 2.82. The number of carboxylic acids is 1. The van der Waals surface area contributed by atoms with Gasteiger partial charge in [0.2, 0.25) is 0 Å². The molecular weight excluding hydrogens is 214 g/mol. The first-order chi connectivity index (χ1) is 7.25. The quantitative estimate of drug-likeness (QED) is 0.761. The molecule has 15 heavy (non-hydrogen) atoms. The van der Waals surface area contributed by atoms with Gasteiger partial charge in [-0.15, -0.1) is 5.10 Å². The van der Waals surface area contributed by atoms with E-state index in [1.807, 2.05) is 0 Å². The van der Waals surface area contributed by atoms with Gasteiger partial charge >= 0.3 is 5.97 Å². The highest BCUT2D eigenvalue weighted by molar-refractivity contribution is 7.06. The molecule has 0 saturated heterocycles. The minimum atomic E-state index is -0.936. The number of carbonyl (C=O) groups is 1. The zero-order valence-corrected chi connectivity index (χ0v) is 8.47. The van der Waals surface area contributed by atoms with Crippen LogP contribution in [0.5, 0.6) is 0 Å². The van der Waals surface area contributed by atoms with E-state index >= 15 is 0 Å². The van der Waals surface area contributed by atoms with Crippen LogP contribution in [0.25, 0.3) is 11.3 Å². The highest BCUT2D eigenvalue weighted by atomic mass is 32.1. The van der Waals surface area contributed by atoms with Gasteiger partial charge in [0.05, 0.1) is 4.88 Å². The normalized spacial score (nSPS) is 13.3. The minimum absolute atomic E-state index is 0.223. The van der Waals surface area contributed by atoms with Crippen molar-refractivity contribution in [2.45, 2.75) is 12.8 Å². The van der Waals surface area contributed by atoms with Crippen LogP contribution < -0.4 is 0 Å². The fourth-order valence-electron chi connectivity index (χ4n) is 1.84. The number of aromatic amines is 1. The second-order valence-corrected chi connectivity index (χ2v) is 4.26. The van der Waals surface area contributed by atoms with Gasteiger partial charge in [-0.05, 0) is 30.4 Å². The van der Waals surface area contributed by atoms with Gasteiger partial charge in [0, 0.05) is 11.3 Å². The van der Waals surface area contributed by atoms with Gasteiger partial charge < -0.3 is 10.1 Å². The molecule has 2 aromatic rings. The Balaban J connectivity index is 2.20. The molecule has 0 spiro atoms. The highest BCUT2D eigenvalue weighted by Gasteiger charge is 2.23. The average molecular weight is 221 g/mol. The Morgan fingerprint density at radius 2 is 2.40 bits per heavy atom. The lowest BCUT2D eigenvalue weighted by atomic mass is 10.0. The maximum absolute atomic E-state index is 10.8. The molecule has 1 aliphatic carbocycles. The smallest absolute Gasteiger partial charge is 0.352 e. The van der Waals surface area contributed by atoms with E-state index in [4.69, 9.17) is 5.11 Å². The minimum Gasteiger partial charge on any atom is -0.477 e. The molecule has 0 aromatic carbocycles. The third-order valence-electron chi connectivity index (χ3n) is 2.54. The molecule has 2 aromatic heterocycles. The molecule has 6 heteroatoms. The molecule has 3 rings (SSSR count). The molecule has 0 atom stereocenters. The summed E-state index contributed by atoms with van der Waals surface area (Å²) in [6, 6.07) is 1.64. The monoisotopic (exact) mass is 221 g/mol. The van der Waals surface area contributed by atoms with Gasteiger partial charge in [-0.2, -0.15) is 0 Å². The number of hydrogen-bond acceptors (Lipinski definition) is 4. The fraction of sp³-hybridized carbons (Fsp3) is 0.222. The van der Waals surface area contributed by atoms with Crippen molar-refractivity contribution in [3.05, 3.63) is 22.3 Å². The Labute approximate surface area is 88.9 Å². The van der Waals surface area contributed by atoms with Gasteiger partial charge in [0.25, 0.3) is 0 Å². The number of nitrogens with zero attached hydrogens (tertiary/aromatic N) is 2. The number of carboxylic acid groups (broad SMARTS) is 1. The third kappa shape index (κ3) is 1.18. The summed E-state index contributed by atoms with van der Waals surface area (Å²) >= 11 is 1.38. The molecule has 2 heterocycles. The number of rotatable bonds is 1. The first-order valence-corrected chi connectivity index (χ1v) is 5.30. The van der Waals surface area contributed by atoms with Crippen molar-refractivity contribution in [1.82, 2.24) is 14.6 Å². The summed E-state index contributed by atoms with van der Waals surface area (Å²) < 4.78 is 3.89. The summed E-state index contributed by atoms with van der Waals surface area (Å²) in [4.78, 5) is 14.8. The summed E-state index contributed by atoms with van der Waals surface area (Å²) in [5.41, 5.74) is 2.90. The summed E-state index contributed by atoms with van der Waals surface area (Å²) in [5.74, 6) is -0.936. The Bertz CT molecular complexity index is 543. The summed E-state index contributed by atoms with van der Waals surface area (Å²) in [7, 11) is 0. The maximum atomic E-state index is 10.8. The standard InChI is InChI=1S/C9H7N3O2S/c13-9(14)6-3-4-5(10-6)1-2-7-8(4)11-12-15-7/h3,10H,1-2H2,(H,13,14). The predicted molar refractivity (Wildman–Crippen MR) is 54.1 cm³/mol. The number of H-pyrrole nitrogens is 1. The summed E-state index contributed by atoms with van der Waals surface area (Å²) in [6.07, 6.45) is 1.72. The van der Waals surface area contributed by atoms with Crippen LogP contribution in [0.15, 0.2) is 6.07 Å². The third-order valence-corrected chi connectivity index (χ3v) is 3.32. The van der Waals surface area contributed by atoms with E-state index < -0.39 is 5.97 Å². The van der Waals surface area contributed by atoms with E-state index in [1.165, 1.54) is 11.5 Å². The van der Waals surface area contributed by atoms with E-state index in [9.17, 15) is 4.79 Å². The van der Waals surface area contributed by atoms with Crippen LogP contribution in [0, 0.1) is 0 Å². The molecule has 0 saturated carbocycles. The molecule has 0 unspecified atom stereocenters. The van der Waals surface area contributed by atoms with E-state index in [-0.39, 0.29) is 5.69 Å². The molecule has 0 aliphatic heterocycles. The highest BCUT2D eigenvalue weighted by Crippen LogP contribution is 2.33. The summed E-state index contributed by atoms with van der Waals surface area (Å²) in [6.45, 7) is 0. The lowest BCUT2D eigenvalue weighted by Crippen LogP contribution is -2.01. The van der Waals surface area contributed by atoms with Crippen LogP contribution in [0.4, 0.5) is 0 Å². The van der Waals surface area contributed by atoms with Gasteiger partial charge in [0.15, 0.2) is 0 Å². The molecule has 0 bridgehead atoms. The van der Waals surface area contributed by atoms with Crippen molar-refractivity contribution in [2.24, 2.45) is 0 Å². The number of hydrogen-bond donors (Lipinski definition) is 2. The van der Waals surface area contributed by atoms with Crippen molar-refractivity contribution >= 4 is 17.5 Å². The SMILES string of the molecule is O=C(O)c1cc2c([nH]1)CCc1snnc1-2. The van der Waals surface area contributed by atoms with Crippen molar-refractivity contribution in [3.8, 4) is 11.3 Å². The van der Waals surface area contributed by atoms with E-state index in [2.05, 4.69) is 14.6 Å². The number of nitrogens with one attached hydrogen (secondary N) is 1. The molecule has 2 N–H and O–H groups in total. The number of fused-ring (bicyclic) bond motifs is 3. The lowest BCUT2D eigenvalue weighted by molar-refractivity contribution is 0.0691. The maximum Gasteiger partial charge on any atom is 0.352 e. The molecule has 0 radical (unpaired) electrons. The van der Waals surface area contributed by atoms with E-state index in [0.717, 1.165) is 34.7 Å². The molecule has 1 aliphatic rings.